The summed E-state index contributed by atoms with van der Waals surface area (Å²) in [5.41, 5.74) is 1.08. The number of aromatic nitrogens is 3. The van der Waals surface area contributed by atoms with E-state index in [1.54, 1.807) is 30.7 Å². The van der Waals surface area contributed by atoms with Crippen LogP contribution in [0, 0.1) is 5.41 Å². The number of carbonyl (C=O) groups is 2. The average Bonchev–Trinajstić information content (AvgIpc) is 2.72. The molecule has 7 nitrogen and oxygen atoms in total. The molecule has 0 radical (unpaired) electrons. The van der Waals surface area contributed by atoms with Crippen molar-refractivity contribution in [2.75, 3.05) is 13.1 Å². The Labute approximate surface area is 151 Å². The topological polar surface area (TPSA) is 88.1 Å². The van der Waals surface area contributed by atoms with Crippen molar-refractivity contribution < 1.29 is 9.59 Å². The second-order valence-corrected chi connectivity index (χ2v) is 7.05. The summed E-state index contributed by atoms with van der Waals surface area (Å²) in [5, 5.41) is 3.11. The molecule has 0 aromatic carbocycles. The Bertz CT molecular complexity index is 788. The van der Waals surface area contributed by atoms with E-state index in [0.717, 1.165) is 25.7 Å². The fourth-order valence-electron chi connectivity index (χ4n) is 4.00. The molecule has 2 amide bonds. The monoisotopic (exact) mass is 351 g/mol. The maximum atomic E-state index is 12.6. The highest BCUT2D eigenvalue weighted by Gasteiger charge is 2.49. The number of carbonyl (C=O) groups excluding carboxylic acids is 2. The zero-order valence-corrected chi connectivity index (χ0v) is 14.5. The van der Waals surface area contributed by atoms with Gasteiger partial charge in [-0.3, -0.25) is 19.6 Å². The van der Waals surface area contributed by atoms with Gasteiger partial charge in [-0.25, -0.2) is 4.98 Å². The Balaban J connectivity index is 1.36. The predicted octanol–water partition coefficient (Wildman–Crippen LogP) is 1.69. The number of amides is 2. The summed E-state index contributed by atoms with van der Waals surface area (Å²) < 4.78 is 0. The van der Waals surface area contributed by atoms with E-state index in [4.69, 9.17) is 0 Å². The van der Waals surface area contributed by atoms with Crippen molar-refractivity contribution in [3.8, 4) is 0 Å². The minimum Gasteiger partial charge on any atom is -0.347 e. The Morgan fingerprint density at radius 3 is 2.50 bits per heavy atom. The van der Waals surface area contributed by atoms with Crippen LogP contribution in [0.25, 0.3) is 0 Å². The van der Waals surface area contributed by atoms with Gasteiger partial charge in [-0.1, -0.05) is 0 Å². The highest BCUT2D eigenvalue weighted by atomic mass is 16.2. The number of hydrogen-bond donors (Lipinski definition) is 1. The normalized spacial score (nSPS) is 21.1. The van der Waals surface area contributed by atoms with Crippen LogP contribution < -0.4 is 5.32 Å². The molecule has 4 rings (SSSR count). The molecule has 1 saturated heterocycles. The van der Waals surface area contributed by atoms with Crippen LogP contribution in [0.4, 0.5) is 0 Å². The van der Waals surface area contributed by atoms with Crippen LogP contribution in [0.2, 0.25) is 0 Å². The van der Waals surface area contributed by atoms with Gasteiger partial charge in [0.25, 0.3) is 11.8 Å². The summed E-state index contributed by atoms with van der Waals surface area (Å²) in [4.78, 5) is 38.8. The molecular formula is C19H21N5O2. The molecule has 1 atom stereocenters. The molecule has 7 heteroatoms. The zero-order chi connectivity index (χ0) is 18.0. The summed E-state index contributed by atoms with van der Waals surface area (Å²) in [6.45, 7) is 1.43. The van der Waals surface area contributed by atoms with Crippen LogP contribution in [0.1, 0.15) is 46.5 Å². The number of pyridine rings is 1. The summed E-state index contributed by atoms with van der Waals surface area (Å²) >= 11 is 0. The molecule has 2 aliphatic rings. The third-order valence-electron chi connectivity index (χ3n) is 5.73. The van der Waals surface area contributed by atoms with Gasteiger partial charge in [0.15, 0.2) is 0 Å². The van der Waals surface area contributed by atoms with Gasteiger partial charge in [-0.2, -0.15) is 0 Å². The fourth-order valence-corrected chi connectivity index (χ4v) is 4.00. The Kier molecular flexibility index (Phi) is 4.36. The molecule has 1 aliphatic carbocycles. The van der Waals surface area contributed by atoms with Crippen molar-refractivity contribution in [3.05, 3.63) is 54.4 Å². The molecule has 1 aliphatic heterocycles. The summed E-state index contributed by atoms with van der Waals surface area (Å²) in [7, 11) is 0. The highest BCUT2D eigenvalue weighted by Crippen LogP contribution is 2.49. The van der Waals surface area contributed by atoms with Gasteiger partial charge < -0.3 is 10.2 Å². The lowest BCUT2D eigenvalue weighted by atomic mass is 9.59. The largest absolute Gasteiger partial charge is 0.347 e. The third-order valence-corrected chi connectivity index (χ3v) is 5.73. The van der Waals surface area contributed by atoms with Gasteiger partial charge in [0.1, 0.15) is 5.69 Å². The molecule has 1 spiro atoms. The van der Waals surface area contributed by atoms with Crippen molar-refractivity contribution in [1.29, 1.82) is 0 Å². The van der Waals surface area contributed by atoms with Crippen LogP contribution >= 0.6 is 0 Å². The van der Waals surface area contributed by atoms with E-state index < -0.39 is 0 Å². The summed E-state index contributed by atoms with van der Waals surface area (Å²) in [5.74, 6) is -0.136. The Morgan fingerprint density at radius 2 is 1.88 bits per heavy atom. The molecule has 1 unspecified atom stereocenters. The first-order valence-electron chi connectivity index (χ1n) is 8.94. The molecule has 1 saturated carbocycles. The first-order valence-corrected chi connectivity index (χ1v) is 8.94. The molecule has 26 heavy (non-hydrogen) atoms. The van der Waals surface area contributed by atoms with Gasteiger partial charge in [-0.15, -0.1) is 0 Å². The number of nitrogens with one attached hydrogen (secondary N) is 1. The van der Waals surface area contributed by atoms with Crippen molar-refractivity contribution in [2.45, 2.75) is 31.7 Å². The minimum atomic E-state index is -0.170. The van der Waals surface area contributed by atoms with Crippen LogP contribution in [-0.2, 0) is 0 Å². The van der Waals surface area contributed by atoms with E-state index in [9.17, 15) is 9.59 Å². The first-order chi connectivity index (χ1) is 12.7. The smallest absolute Gasteiger partial charge is 0.271 e. The van der Waals surface area contributed by atoms with E-state index in [0.29, 0.717) is 24.3 Å². The van der Waals surface area contributed by atoms with Crippen LogP contribution in [-0.4, -0.2) is 50.8 Å². The standard InChI is InChI=1S/C19H21N5O2/c25-17(15-13-21-8-9-22-15)23-16-3-4-19(16)5-10-24(11-6-19)18(26)14-2-1-7-20-12-14/h1-2,7-9,12-13,16H,3-6,10-11H2,(H,23,25). The van der Waals surface area contributed by atoms with E-state index in [1.165, 1.54) is 12.4 Å². The number of nitrogens with zero attached hydrogens (tertiary/aromatic N) is 4. The van der Waals surface area contributed by atoms with Crippen LogP contribution in [0.3, 0.4) is 0 Å². The van der Waals surface area contributed by atoms with Crippen LogP contribution in [0.5, 0.6) is 0 Å². The van der Waals surface area contributed by atoms with E-state index in [2.05, 4.69) is 20.3 Å². The fraction of sp³-hybridized carbons (Fsp3) is 0.421. The SMILES string of the molecule is O=C(NC1CCC12CCN(C(=O)c1cccnc1)CC2)c1cnccn1. The molecule has 3 heterocycles. The molecule has 2 fully saturated rings. The van der Waals surface area contributed by atoms with Gasteiger partial charge in [0.05, 0.1) is 11.8 Å². The Hall–Kier alpha value is -2.83. The van der Waals surface area contributed by atoms with Gasteiger partial charge in [0.2, 0.25) is 0 Å². The summed E-state index contributed by atoms with van der Waals surface area (Å²) in [6.07, 6.45) is 11.7. The quantitative estimate of drug-likeness (QED) is 0.909. The van der Waals surface area contributed by atoms with Crippen molar-refractivity contribution in [1.82, 2.24) is 25.2 Å². The predicted molar refractivity (Wildman–Crippen MR) is 94.3 cm³/mol. The first kappa shape index (κ1) is 16.6. The average molecular weight is 351 g/mol. The molecule has 134 valence electrons. The maximum absolute atomic E-state index is 12.6. The zero-order valence-electron chi connectivity index (χ0n) is 14.5. The van der Waals surface area contributed by atoms with E-state index in [-0.39, 0.29) is 23.3 Å². The lowest BCUT2D eigenvalue weighted by Gasteiger charge is -2.54. The van der Waals surface area contributed by atoms with Crippen LogP contribution in [0.15, 0.2) is 43.1 Å². The number of hydrogen-bond acceptors (Lipinski definition) is 5. The number of likely N-dealkylation sites (tertiary alicyclic amines) is 1. The molecule has 1 N–H and O–H groups in total. The Morgan fingerprint density at radius 1 is 1.08 bits per heavy atom. The van der Waals surface area contributed by atoms with E-state index >= 15 is 0 Å². The molecular weight excluding hydrogens is 330 g/mol. The lowest BCUT2D eigenvalue weighted by molar-refractivity contribution is -0.00241. The minimum absolute atomic E-state index is 0.0346. The lowest BCUT2D eigenvalue weighted by Crippen LogP contribution is -2.59. The third kappa shape index (κ3) is 3.05. The van der Waals surface area contributed by atoms with Crippen molar-refractivity contribution >= 4 is 11.8 Å². The summed E-state index contributed by atoms with van der Waals surface area (Å²) in [6, 6.07) is 3.72. The second kappa shape index (κ2) is 6.82. The number of piperidine rings is 1. The second-order valence-electron chi connectivity index (χ2n) is 7.05. The highest BCUT2D eigenvalue weighted by molar-refractivity contribution is 5.94. The van der Waals surface area contributed by atoms with E-state index in [1.807, 2.05) is 4.90 Å². The molecule has 2 aromatic heterocycles. The van der Waals surface area contributed by atoms with Gasteiger partial charge in [0, 0.05) is 43.9 Å². The van der Waals surface area contributed by atoms with Gasteiger partial charge >= 0.3 is 0 Å². The molecule has 0 bridgehead atoms. The molecule has 2 aromatic rings. The van der Waals surface area contributed by atoms with Gasteiger partial charge in [-0.05, 0) is 43.2 Å². The van der Waals surface area contributed by atoms with Crippen molar-refractivity contribution in [2.24, 2.45) is 5.41 Å². The number of rotatable bonds is 3. The maximum Gasteiger partial charge on any atom is 0.271 e. The van der Waals surface area contributed by atoms with Crippen molar-refractivity contribution in [3.63, 3.8) is 0 Å².